The average Bonchev–Trinajstić information content (AvgIpc) is 2.41. The molecule has 0 amide bonds. The molecule has 0 saturated carbocycles. The zero-order valence-electron chi connectivity index (χ0n) is 11.2. The summed E-state index contributed by atoms with van der Waals surface area (Å²) in [6.45, 7) is 6.83. The van der Waals surface area contributed by atoms with E-state index in [0.29, 0.717) is 0 Å². The van der Waals surface area contributed by atoms with E-state index in [9.17, 15) is 4.79 Å². The van der Waals surface area contributed by atoms with E-state index >= 15 is 0 Å². The summed E-state index contributed by atoms with van der Waals surface area (Å²) in [5, 5.41) is 4.44. The van der Waals surface area contributed by atoms with Crippen LogP contribution in [0.3, 0.4) is 0 Å². The number of nitrogens with one attached hydrogen (secondary N) is 2. The number of aromatic amines is 1. The molecule has 1 aromatic carbocycles. The van der Waals surface area contributed by atoms with Crippen molar-refractivity contribution in [1.82, 2.24) is 15.2 Å². The van der Waals surface area contributed by atoms with Crippen molar-refractivity contribution < 1.29 is 0 Å². The fraction of sp³-hybridized carbons (Fsp3) is 0.400. The molecule has 0 unspecified atom stereocenters. The number of pyridine rings is 1. The summed E-state index contributed by atoms with van der Waals surface area (Å²) in [5.74, 6) is 0. The average molecular weight is 257 g/mol. The number of aryl methyl sites for hydroxylation is 1. The number of piperazine rings is 1. The Hall–Kier alpha value is -1.65. The third-order valence-corrected chi connectivity index (χ3v) is 3.68. The zero-order valence-corrected chi connectivity index (χ0v) is 11.2. The number of fused-ring (bicyclic) bond motifs is 1. The summed E-state index contributed by atoms with van der Waals surface area (Å²) in [5.41, 5.74) is 3.03. The molecule has 1 aliphatic rings. The molecule has 0 atom stereocenters. The van der Waals surface area contributed by atoms with E-state index in [1.807, 2.05) is 18.2 Å². The van der Waals surface area contributed by atoms with Gasteiger partial charge in [0.15, 0.2) is 0 Å². The second-order valence-corrected chi connectivity index (χ2v) is 5.24. The molecule has 1 aliphatic heterocycles. The molecule has 1 aromatic heterocycles. The Morgan fingerprint density at radius 3 is 2.79 bits per heavy atom. The quantitative estimate of drug-likeness (QED) is 0.851. The summed E-state index contributed by atoms with van der Waals surface area (Å²) >= 11 is 0. The van der Waals surface area contributed by atoms with Crippen LogP contribution in [-0.2, 0) is 6.54 Å². The summed E-state index contributed by atoms with van der Waals surface area (Å²) in [4.78, 5) is 17.4. The standard InChI is InChI=1S/C15H19N3O/c1-11-2-3-14-12(8-11)9-13(15(19)17-14)10-18-6-4-16-5-7-18/h2-3,8-9,16H,4-7,10H2,1H3,(H,17,19). The van der Waals surface area contributed by atoms with Crippen LogP contribution in [0.25, 0.3) is 10.9 Å². The van der Waals surface area contributed by atoms with Gasteiger partial charge in [-0.15, -0.1) is 0 Å². The third-order valence-electron chi connectivity index (χ3n) is 3.68. The van der Waals surface area contributed by atoms with Gasteiger partial charge in [0.1, 0.15) is 0 Å². The Bertz CT molecular complexity index is 641. The van der Waals surface area contributed by atoms with Gasteiger partial charge >= 0.3 is 0 Å². The van der Waals surface area contributed by atoms with Gasteiger partial charge in [0.25, 0.3) is 5.56 Å². The van der Waals surface area contributed by atoms with Gasteiger partial charge in [-0.05, 0) is 30.5 Å². The monoisotopic (exact) mass is 257 g/mol. The Labute approximate surface area is 112 Å². The van der Waals surface area contributed by atoms with E-state index in [4.69, 9.17) is 0 Å². The first-order chi connectivity index (χ1) is 9.22. The minimum absolute atomic E-state index is 0.0369. The molecule has 0 spiro atoms. The van der Waals surface area contributed by atoms with Gasteiger partial charge in [0.05, 0.1) is 0 Å². The number of H-pyrrole nitrogens is 1. The maximum atomic E-state index is 12.1. The van der Waals surface area contributed by atoms with E-state index in [1.165, 1.54) is 5.56 Å². The van der Waals surface area contributed by atoms with Crippen molar-refractivity contribution in [3.63, 3.8) is 0 Å². The maximum absolute atomic E-state index is 12.1. The molecule has 0 aliphatic carbocycles. The number of rotatable bonds is 2. The smallest absolute Gasteiger partial charge is 0.252 e. The molecule has 4 heteroatoms. The van der Waals surface area contributed by atoms with Gasteiger partial charge < -0.3 is 10.3 Å². The molecule has 0 bridgehead atoms. The van der Waals surface area contributed by atoms with E-state index in [-0.39, 0.29) is 5.56 Å². The normalized spacial score (nSPS) is 16.9. The highest BCUT2D eigenvalue weighted by molar-refractivity contribution is 5.79. The lowest BCUT2D eigenvalue weighted by molar-refractivity contribution is 0.232. The number of hydrogen-bond donors (Lipinski definition) is 2. The predicted molar refractivity (Wildman–Crippen MR) is 77.5 cm³/mol. The van der Waals surface area contributed by atoms with Crippen LogP contribution in [0, 0.1) is 6.92 Å². The van der Waals surface area contributed by atoms with Gasteiger partial charge in [-0.1, -0.05) is 11.6 Å². The van der Waals surface area contributed by atoms with Crippen molar-refractivity contribution in [1.29, 1.82) is 0 Å². The van der Waals surface area contributed by atoms with Crippen LogP contribution in [0.4, 0.5) is 0 Å². The van der Waals surface area contributed by atoms with Crippen molar-refractivity contribution in [3.05, 3.63) is 45.7 Å². The molecule has 4 nitrogen and oxygen atoms in total. The molecule has 19 heavy (non-hydrogen) atoms. The van der Waals surface area contributed by atoms with Gasteiger partial charge in [0, 0.05) is 43.8 Å². The number of aromatic nitrogens is 1. The van der Waals surface area contributed by atoms with Crippen LogP contribution in [-0.4, -0.2) is 36.1 Å². The Morgan fingerprint density at radius 1 is 1.21 bits per heavy atom. The molecule has 3 rings (SSSR count). The third kappa shape index (κ3) is 2.69. The molecule has 2 heterocycles. The number of benzene rings is 1. The van der Waals surface area contributed by atoms with Gasteiger partial charge in [-0.25, -0.2) is 0 Å². The van der Waals surface area contributed by atoms with Gasteiger partial charge in [-0.2, -0.15) is 0 Å². The lowest BCUT2D eigenvalue weighted by Gasteiger charge is -2.26. The second-order valence-electron chi connectivity index (χ2n) is 5.24. The first-order valence-electron chi connectivity index (χ1n) is 6.78. The van der Waals surface area contributed by atoms with Crippen molar-refractivity contribution in [2.45, 2.75) is 13.5 Å². The summed E-state index contributed by atoms with van der Waals surface area (Å²) in [6.07, 6.45) is 0. The van der Waals surface area contributed by atoms with E-state index in [2.05, 4.69) is 28.2 Å². The van der Waals surface area contributed by atoms with Gasteiger partial charge in [0.2, 0.25) is 0 Å². The first kappa shape index (κ1) is 12.4. The molecule has 100 valence electrons. The fourth-order valence-electron chi connectivity index (χ4n) is 2.60. The maximum Gasteiger partial charge on any atom is 0.252 e. The van der Waals surface area contributed by atoms with Crippen LogP contribution >= 0.6 is 0 Å². The molecular weight excluding hydrogens is 238 g/mol. The second kappa shape index (κ2) is 5.15. The van der Waals surface area contributed by atoms with E-state index in [1.54, 1.807) is 0 Å². The van der Waals surface area contributed by atoms with E-state index < -0.39 is 0 Å². The molecule has 1 fully saturated rings. The van der Waals surface area contributed by atoms with Crippen LogP contribution in [0.5, 0.6) is 0 Å². The predicted octanol–water partition coefficient (Wildman–Crippen LogP) is 1.24. The summed E-state index contributed by atoms with van der Waals surface area (Å²) in [6, 6.07) is 8.14. The molecule has 2 aromatic rings. The molecule has 1 saturated heterocycles. The van der Waals surface area contributed by atoms with Gasteiger partial charge in [-0.3, -0.25) is 9.69 Å². The SMILES string of the molecule is Cc1ccc2[nH]c(=O)c(CN3CCNCC3)cc2c1. The first-order valence-corrected chi connectivity index (χ1v) is 6.78. The molecule has 0 radical (unpaired) electrons. The van der Waals surface area contributed by atoms with Crippen molar-refractivity contribution >= 4 is 10.9 Å². The highest BCUT2D eigenvalue weighted by atomic mass is 16.1. The largest absolute Gasteiger partial charge is 0.322 e. The highest BCUT2D eigenvalue weighted by Crippen LogP contribution is 2.14. The van der Waals surface area contributed by atoms with Crippen LogP contribution in [0.1, 0.15) is 11.1 Å². The summed E-state index contributed by atoms with van der Waals surface area (Å²) < 4.78 is 0. The number of hydrogen-bond acceptors (Lipinski definition) is 3. The van der Waals surface area contributed by atoms with Crippen molar-refractivity contribution in [3.8, 4) is 0 Å². The van der Waals surface area contributed by atoms with Crippen molar-refractivity contribution in [2.24, 2.45) is 0 Å². The molecule has 2 N–H and O–H groups in total. The minimum Gasteiger partial charge on any atom is -0.322 e. The van der Waals surface area contributed by atoms with Crippen LogP contribution in [0.2, 0.25) is 0 Å². The lowest BCUT2D eigenvalue weighted by Crippen LogP contribution is -2.43. The zero-order chi connectivity index (χ0) is 13.2. The van der Waals surface area contributed by atoms with Crippen LogP contribution in [0.15, 0.2) is 29.1 Å². The topological polar surface area (TPSA) is 48.1 Å². The summed E-state index contributed by atoms with van der Waals surface area (Å²) in [7, 11) is 0. The Morgan fingerprint density at radius 2 is 2.00 bits per heavy atom. The van der Waals surface area contributed by atoms with Crippen LogP contribution < -0.4 is 10.9 Å². The van der Waals surface area contributed by atoms with Crippen molar-refractivity contribution in [2.75, 3.05) is 26.2 Å². The molecular formula is C15H19N3O. The minimum atomic E-state index is 0.0369. The highest BCUT2D eigenvalue weighted by Gasteiger charge is 2.12. The van der Waals surface area contributed by atoms with E-state index in [0.717, 1.165) is 49.2 Å². The fourth-order valence-corrected chi connectivity index (χ4v) is 2.60. The Kier molecular flexibility index (Phi) is 3.36. The Balaban J connectivity index is 1.93. The lowest BCUT2D eigenvalue weighted by atomic mass is 10.1. The number of nitrogens with zero attached hydrogens (tertiary/aromatic N) is 1.